The number of halogens is 1. The van der Waals surface area contributed by atoms with Gasteiger partial charge < -0.3 is 14.3 Å². The molecule has 1 aromatic rings. The predicted octanol–water partition coefficient (Wildman–Crippen LogP) is 3.31. The van der Waals surface area contributed by atoms with Crippen LogP contribution >= 0.6 is 11.6 Å². The van der Waals surface area contributed by atoms with Crippen LogP contribution in [0.25, 0.3) is 0 Å². The summed E-state index contributed by atoms with van der Waals surface area (Å²) >= 11 is 6.05. The molecule has 0 spiro atoms. The number of anilines is 1. The van der Waals surface area contributed by atoms with Crippen LogP contribution in [0.5, 0.6) is 11.5 Å². The molecule has 0 bridgehead atoms. The minimum atomic E-state index is -0.559. The van der Waals surface area contributed by atoms with Crippen molar-refractivity contribution in [2.45, 2.75) is 19.3 Å². The molecule has 2 rings (SSSR count). The van der Waals surface area contributed by atoms with Crippen LogP contribution in [0.3, 0.4) is 0 Å². The molecule has 6 nitrogen and oxygen atoms in total. The lowest BCUT2D eigenvalue weighted by Crippen LogP contribution is -2.34. The Morgan fingerprint density at radius 3 is 2.43 bits per heavy atom. The lowest BCUT2D eigenvalue weighted by molar-refractivity contribution is -0.105. The number of methoxy groups -OCH3 is 2. The van der Waals surface area contributed by atoms with Crippen molar-refractivity contribution in [3.8, 4) is 11.5 Å². The fraction of sp³-hybridized carbons (Fsp3) is 0.500. The van der Waals surface area contributed by atoms with E-state index in [-0.39, 0.29) is 0 Å². The summed E-state index contributed by atoms with van der Waals surface area (Å²) in [5.74, 6) is 0.926. The molecule has 1 heterocycles. The Morgan fingerprint density at radius 1 is 1.14 bits per heavy atom. The Hall–Kier alpha value is -1.66. The molecule has 0 atom stereocenters. The third kappa shape index (κ3) is 4.15. The number of hydrogen-bond acceptors (Lipinski definition) is 5. The topological polar surface area (TPSA) is 60.0 Å². The van der Waals surface area contributed by atoms with Crippen molar-refractivity contribution < 1.29 is 19.1 Å². The van der Waals surface area contributed by atoms with Crippen LogP contribution in [0.1, 0.15) is 19.3 Å². The SMILES string of the molecule is COc1cc(OC)c(NC(=O)ON2CCCCC2)cc1Cl. The third-order valence-corrected chi connectivity index (χ3v) is 3.53. The zero-order valence-corrected chi connectivity index (χ0v) is 12.9. The van der Waals surface area contributed by atoms with Crippen LogP contribution in [0.15, 0.2) is 12.1 Å². The van der Waals surface area contributed by atoms with Gasteiger partial charge in [-0.15, -0.1) is 5.06 Å². The minimum Gasteiger partial charge on any atom is -0.495 e. The van der Waals surface area contributed by atoms with Gasteiger partial charge in [0.25, 0.3) is 0 Å². The number of hydrogen-bond donors (Lipinski definition) is 1. The molecule has 1 amide bonds. The van der Waals surface area contributed by atoms with Gasteiger partial charge in [0, 0.05) is 19.2 Å². The maximum atomic E-state index is 11.9. The molecule has 0 radical (unpaired) electrons. The quantitative estimate of drug-likeness (QED) is 0.924. The molecule has 0 aromatic heterocycles. The van der Waals surface area contributed by atoms with Crippen molar-refractivity contribution in [2.24, 2.45) is 0 Å². The van der Waals surface area contributed by atoms with Gasteiger partial charge >= 0.3 is 6.09 Å². The number of ether oxygens (including phenoxy) is 2. The summed E-state index contributed by atoms with van der Waals surface area (Å²) in [6.07, 6.45) is 2.68. The molecular weight excluding hydrogens is 296 g/mol. The van der Waals surface area contributed by atoms with Gasteiger partial charge in [0.1, 0.15) is 11.5 Å². The lowest BCUT2D eigenvalue weighted by Gasteiger charge is -2.25. The van der Waals surface area contributed by atoms with E-state index in [4.69, 9.17) is 25.9 Å². The van der Waals surface area contributed by atoms with Crippen LogP contribution in [0.2, 0.25) is 5.02 Å². The van der Waals surface area contributed by atoms with Crippen LogP contribution in [0, 0.1) is 0 Å². The van der Waals surface area contributed by atoms with Gasteiger partial charge in [0.2, 0.25) is 0 Å². The second-order valence-corrected chi connectivity index (χ2v) is 5.09. The van der Waals surface area contributed by atoms with Gasteiger partial charge in [-0.2, -0.15) is 0 Å². The first-order valence-electron chi connectivity index (χ1n) is 6.79. The molecule has 1 saturated heterocycles. The predicted molar refractivity (Wildman–Crippen MR) is 80.1 cm³/mol. The second kappa shape index (κ2) is 7.38. The van der Waals surface area contributed by atoms with Gasteiger partial charge in [0.05, 0.1) is 24.9 Å². The van der Waals surface area contributed by atoms with Crippen molar-refractivity contribution in [1.29, 1.82) is 0 Å². The molecule has 0 saturated carbocycles. The van der Waals surface area contributed by atoms with Gasteiger partial charge in [-0.1, -0.05) is 18.0 Å². The molecule has 1 N–H and O–H groups in total. The van der Waals surface area contributed by atoms with E-state index in [0.717, 1.165) is 25.9 Å². The van der Waals surface area contributed by atoms with Gasteiger partial charge in [-0.05, 0) is 18.9 Å². The summed E-state index contributed by atoms with van der Waals surface area (Å²) in [5.41, 5.74) is 0.435. The van der Waals surface area contributed by atoms with E-state index in [2.05, 4.69) is 5.32 Å². The van der Waals surface area contributed by atoms with Crippen LogP contribution < -0.4 is 14.8 Å². The highest BCUT2D eigenvalue weighted by molar-refractivity contribution is 6.32. The highest BCUT2D eigenvalue weighted by atomic mass is 35.5. The van der Waals surface area contributed by atoms with Gasteiger partial charge in [0.15, 0.2) is 0 Å². The fourth-order valence-corrected chi connectivity index (χ4v) is 2.40. The lowest BCUT2D eigenvalue weighted by atomic mass is 10.2. The number of piperidine rings is 1. The van der Waals surface area contributed by atoms with Crippen molar-refractivity contribution in [3.05, 3.63) is 17.2 Å². The van der Waals surface area contributed by atoms with Gasteiger partial charge in [-0.3, -0.25) is 5.32 Å². The van der Waals surface area contributed by atoms with Crippen molar-refractivity contribution >= 4 is 23.4 Å². The zero-order chi connectivity index (χ0) is 15.2. The fourth-order valence-electron chi connectivity index (χ4n) is 2.16. The summed E-state index contributed by atoms with van der Waals surface area (Å²) < 4.78 is 10.3. The smallest absolute Gasteiger partial charge is 0.430 e. The Kier molecular flexibility index (Phi) is 5.52. The van der Waals surface area contributed by atoms with Crippen LogP contribution in [0.4, 0.5) is 10.5 Å². The van der Waals surface area contributed by atoms with Crippen LogP contribution in [-0.2, 0) is 4.84 Å². The molecule has 1 fully saturated rings. The molecule has 1 aliphatic rings. The summed E-state index contributed by atoms with van der Waals surface area (Å²) in [4.78, 5) is 17.2. The maximum Gasteiger partial charge on any atom is 0.430 e. The van der Waals surface area contributed by atoms with E-state index in [0.29, 0.717) is 22.2 Å². The average molecular weight is 315 g/mol. The number of nitrogens with one attached hydrogen (secondary N) is 1. The normalized spacial score (nSPS) is 15.4. The Labute approximate surface area is 128 Å². The largest absolute Gasteiger partial charge is 0.495 e. The third-order valence-electron chi connectivity index (χ3n) is 3.24. The molecule has 7 heteroatoms. The zero-order valence-electron chi connectivity index (χ0n) is 12.1. The Morgan fingerprint density at radius 2 is 1.81 bits per heavy atom. The number of rotatable bonds is 4. The van der Waals surface area contributed by atoms with E-state index in [1.807, 2.05) is 0 Å². The van der Waals surface area contributed by atoms with E-state index in [9.17, 15) is 4.79 Å². The average Bonchev–Trinajstić information content (AvgIpc) is 2.48. The number of carbonyl (C=O) groups excluding carboxylic acids is 1. The van der Waals surface area contributed by atoms with Gasteiger partial charge in [-0.25, -0.2) is 4.79 Å². The molecule has 116 valence electrons. The minimum absolute atomic E-state index is 0.381. The molecule has 21 heavy (non-hydrogen) atoms. The number of nitrogens with zero attached hydrogens (tertiary/aromatic N) is 1. The van der Waals surface area contributed by atoms with E-state index in [1.165, 1.54) is 20.6 Å². The van der Waals surface area contributed by atoms with E-state index >= 15 is 0 Å². The highest BCUT2D eigenvalue weighted by Gasteiger charge is 2.17. The number of hydroxylamine groups is 2. The van der Waals surface area contributed by atoms with Crippen molar-refractivity contribution in [3.63, 3.8) is 0 Å². The molecule has 0 aliphatic carbocycles. The van der Waals surface area contributed by atoms with Crippen molar-refractivity contribution in [2.75, 3.05) is 32.6 Å². The second-order valence-electron chi connectivity index (χ2n) is 4.68. The molecule has 1 aliphatic heterocycles. The standard InChI is InChI=1S/C14H19ClN2O4/c1-19-12-9-13(20-2)11(8-10(12)15)16-14(18)21-17-6-4-3-5-7-17/h8-9H,3-7H2,1-2H3,(H,16,18). The molecule has 0 unspecified atom stereocenters. The van der Waals surface area contributed by atoms with Crippen molar-refractivity contribution in [1.82, 2.24) is 5.06 Å². The van der Waals surface area contributed by atoms with E-state index in [1.54, 1.807) is 17.2 Å². The summed E-state index contributed by atoms with van der Waals surface area (Å²) in [6, 6.07) is 3.18. The number of carbonyl (C=O) groups is 1. The molecule has 1 aromatic carbocycles. The van der Waals surface area contributed by atoms with E-state index < -0.39 is 6.09 Å². The maximum absolute atomic E-state index is 11.9. The first-order chi connectivity index (χ1) is 10.1. The Bertz CT molecular complexity index is 504. The summed E-state index contributed by atoms with van der Waals surface area (Å²) in [7, 11) is 3.02. The van der Waals surface area contributed by atoms with Crippen LogP contribution in [-0.4, -0.2) is 38.5 Å². The summed E-state index contributed by atoms with van der Waals surface area (Å²) in [5, 5.41) is 4.68. The molecular formula is C14H19ClN2O4. The highest BCUT2D eigenvalue weighted by Crippen LogP contribution is 2.35. The Balaban J connectivity index is 2.03. The first kappa shape index (κ1) is 15.7. The number of amides is 1. The first-order valence-corrected chi connectivity index (χ1v) is 7.17. The summed E-state index contributed by atoms with van der Waals surface area (Å²) in [6.45, 7) is 1.52. The monoisotopic (exact) mass is 314 g/mol. The number of benzene rings is 1.